The first kappa shape index (κ1) is 12.4. The molecule has 0 unspecified atom stereocenters. The van der Waals surface area contributed by atoms with Gasteiger partial charge in [-0.2, -0.15) is 0 Å². The van der Waals surface area contributed by atoms with E-state index in [0.717, 1.165) is 16.3 Å². The van der Waals surface area contributed by atoms with Crippen LogP contribution in [0.5, 0.6) is 0 Å². The maximum Gasteiger partial charge on any atom is 0.194 e. The first-order valence-corrected chi connectivity index (χ1v) is 7.22. The first-order valence-electron chi connectivity index (χ1n) is 6.34. The molecule has 0 aliphatic rings. The lowest BCUT2D eigenvalue weighted by atomic mass is 9.99. The predicted octanol–water partition coefficient (Wildman–Crippen LogP) is 3.45. The van der Waals surface area contributed by atoms with E-state index in [-0.39, 0.29) is 0 Å². The van der Waals surface area contributed by atoms with E-state index < -0.39 is 0 Å². The number of aryl methyl sites for hydroxylation is 3. The Balaban J connectivity index is 2.19. The van der Waals surface area contributed by atoms with Crippen LogP contribution in [0.15, 0.2) is 23.7 Å². The van der Waals surface area contributed by atoms with Gasteiger partial charge in [0.1, 0.15) is 0 Å². The maximum absolute atomic E-state index is 5.74. The molecule has 0 saturated carbocycles. The van der Waals surface area contributed by atoms with Gasteiger partial charge in [-0.15, -0.1) is 11.3 Å². The highest BCUT2D eigenvalue weighted by Crippen LogP contribution is 2.28. The van der Waals surface area contributed by atoms with E-state index in [2.05, 4.69) is 48.9 Å². The van der Waals surface area contributed by atoms with Crippen LogP contribution in [0.25, 0.3) is 16.2 Å². The van der Waals surface area contributed by atoms with Crippen molar-refractivity contribution in [3.8, 4) is 11.3 Å². The molecule has 0 amide bonds. The minimum Gasteiger partial charge on any atom is -0.325 e. The molecular weight excluding hydrogens is 254 g/mol. The largest absolute Gasteiger partial charge is 0.325 e. The Morgan fingerprint density at radius 1 is 1.16 bits per heavy atom. The Kier molecular flexibility index (Phi) is 2.92. The standard InChI is InChI=1S/C15H17N3S/c1-9-4-11(3)13(5-10(9)2)14-7-18-12(6-16)8-19-15(18)17-14/h4-5,7-8H,6,16H2,1-3H3. The van der Waals surface area contributed by atoms with Gasteiger partial charge in [-0.1, -0.05) is 6.07 Å². The molecule has 0 bridgehead atoms. The van der Waals surface area contributed by atoms with Crippen LogP contribution in [-0.2, 0) is 6.54 Å². The number of aromatic nitrogens is 2. The molecule has 2 aromatic heterocycles. The van der Waals surface area contributed by atoms with Crippen molar-refractivity contribution in [2.75, 3.05) is 0 Å². The predicted molar refractivity (Wildman–Crippen MR) is 80.6 cm³/mol. The van der Waals surface area contributed by atoms with Crippen LogP contribution in [0, 0.1) is 20.8 Å². The number of rotatable bonds is 2. The number of hydrogen-bond donors (Lipinski definition) is 1. The fourth-order valence-electron chi connectivity index (χ4n) is 2.34. The van der Waals surface area contributed by atoms with Gasteiger partial charge in [-0.3, -0.25) is 4.40 Å². The van der Waals surface area contributed by atoms with Gasteiger partial charge >= 0.3 is 0 Å². The van der Waals surface area contributed by atoms with Crippen molar-refractivity contribution in [3.05, 3.63) is 46.1 Å². The van der Waals surface area contributed by atoms with Gasteiger partial charge in [0.15, 0.2) is 4.96 Å². The summed E-state index contributed by atoms with van der Waals surface area (Å²) in [5.74, 6) is 0. The fourth-order valence-corrected chi connectivity index (χ4v) is 3.23. The molecule has 1 aromatic carbocycles. The SMILES string of the molecule is Cc1cc(C)c(-c2cn3c(CN)csc3n2)cc1C. The molecule has 0 fully saturated rings. The summed E-state index contributed by atoms with van der Waals surface area (Å²) in [5, 5.41) is 2.07. The average molecular weight is 271 g/mol. The van der Waals surface area contributed by atoms with Crippen LogP contribution in [-0.4, -0.2) is 9.38 Å². The Morgan fingerprint density at radius 2 is 1.89 bits per heavy atom. The summed E-state index contributed by atoms with van der Waals surface area (Å²) >= 11 is 1.64. The normalized spacial score (nSPS) is 11.4. The van der Waals surface area contributed by atoms with Crippen LogP contribution in [0.1, 0.15) is 22.4 Å². The van der Waals surface area contributed by atoms with Crippen LogP contribution in [0.2, 0.25) is 0 Å². The van der Waals surface area contributed by atoms with E-state index in [1.807, 2.05) is 0 Å². The molecule has 0 atom stereocenters. The van der Waals surface area contributed by atoms with Crippen molar-refractivity contribution in [3.63, 3.8) is 0 Å². The Labute approximate surface area is 116 Å². The number of nitrogens with zero attached hydrogens (tertiary/aromatic N) is 2. The number of hydrogen-bond acceptors (Lipinski definition) is 3. The van der Waals surface area contributed by atoms with Gasteiger partial charge in [0.05, 0.1) is 5.69 Å². The summed E-state index contributed by atoms with van der Waals surface area (Å²) in [6.07, 6.45) is 2.09. The third-order valence-corrected chi connectivity index (χ3v) is 4.50. The molecule has 0 radical (unpaired) electrons. The number of imidazole rings is 1. The number of thiazole rings is 1. The smallest absolute Gasteiger partial charge is 0.194 e. The maximum atomic E-state index is 5.74. The highest BCUT2D eigenvalue weighted by molar-refractivity contribution is 7.15. The van der Waals surface area contributed by atoms with Crippen LogP contribution in [0.3, 0.4) is 0 Å². The van der Waals surface area contributed by atoms with Gasteiger partial charge in [0.25, 0.3) is 0 Å². The second-order valence-corrected chi connectivity index (χ2v) is 5.80. The molecule has 98 valence electrons. The van der Waals surface area contributed by atoms with E-state index >= 15 is 0 Å². The van der Waals surface area contributed by atoms with E-state index in [0.29, 0.717) is 6.54 Å². The Morgan fingerprint density at radius 3 is 2.63 bits per heavy atom. The van der Waals surface area contributed by atoms with E-state index in [1.165, 1.54) is 22.3 Å². The summed E-state index contributed by atoms with van der Waals surface area (Å²) < 4.78 is 2.09. The van der Waals surface area contributed by atoms with E-state index in [9.17, 15) is 0 Å². The molecule has 2 heterocycles. The van der Waals surface area contributed by atoms with Gasteiger partial charge < -0.3 is 5.73 Å². The lowest BCUT2D eigenvalue weighted by Gasteiger charge is -2.07. The summed E-state index contributed by atoms with van der Waals surface area (Å²) in [6.45, 7) is 6.97. The minimum atomic E-state index is 0.543. The van der Waals surface area contributed by atoms with Crippen LogP contribution in [0.4, 0.5) is 0 Å². The van der Waals surface area contributed by atoms with Gasteiger partial charge in [-0.05, 0) is 43.5 Å². The monoisotopic (exact) mass is 271 g/mol. The van der Waals surface area contributed by atoms with Crippen LogP contribution < -0.4 is 5.73 Å². The van der Waals surface area contributed by atoms with E-state index in [4.69, 9.17) is 10.7 Å². The molecule has 4 heteroatoms. The first-order chi connectivity index (χ1) is 9.10. The quantitative estimate of drug-likeness (QED) is 0.776. The summed E-state index contributed by atoms with van der Waals surface area (Å²) in [7, 11) is 0. The van der Waals surface area contributed by atoms with Crippen LogP contribution >= 0.6 is 11.3 Å². The second kappa shape index (κ2) is 4.47. The van der Waals surface area contributed by atoms with Crippen molar-refractivity contribution in [2.24, 2.45) is 5.73 Å². The third-order valence-electron chi connectivity index (χ3n) is 3.61. The average Bonchev–Trinajstić information content (AvgIpc) is 2.93. The lowest BCUT2D eigenvalue weighted by Crippen LogP contribution is -1.98. The van der Waals surface area contributed by atoms with Gasteiger partial charge in [0.2, 0.25) is 0 Å². The zero-order valence-electron chi connectivity index (χ0n) is 11.4. The number of fused-ring (bicyclic) bond motifs is 1. The molecule has 2 N–H and O–H groups in total. The highest BCUT2D eigenvalue weighted by atomic mass is 32.1. The molecule has 19 heavy (non-hydrogen) atoms. The third kappa shape index (κ3) is 1.97. The molecule has 0 spiro atoms. The topological polar surface area (TPSA) is 43.3 Å². The van der Waals surface area contributed by atoms with Crippen molar-refractivity contribution in [2.45, 2.75) is 27.3 Å². The zero-order valence-corrected chi connectivity index (χ0v) is 12.2. The zero-order chi connectivity index (χ0) is 13.6. The van der Waals surface area contributed by atoms with Crippen molar-refractivity contribution < 1.29 is 0 Å². The lowest BCUT2D eigenvalue weighted by molar-refractivity contribution is 0.966. The number of benzene rings is 1. The van der Waals surface area contributed by atoms with Gasteiger partial charge in [-0.25, -0.2) is 4.98 Å². The molecular formula is C15H17N3S. The molecule has 3 aromatic rings. The summed E-state index contributed by atoms with van der Waals surface area (Å²) in [4.78, 5) is 5.72. The minimum absolute atomic E-state index is 0.543. The van der Waals surface area contributed by atoms with Crippen molar-refractivity contribution >= 4 is 16.3 Å². The molecule has 0 saturated heterocycles. The summed E-state index contributed by atoms with van der Waals surface area (Å²) in [5.41, 5.74) is 13.0. The summed E-state index contributed by atoms with van der Waals surface area (Å²) in [6, 6.07) is 4.45. The Bertz CT molecular complexity index is 752. The second-order valence-electron chi connectivity index (χ2n) is 4.96. The fraction of sp³-hybridized carbons (Fsp3) is 0.267. The molecule has 3 nitrogen and oxygen atoms in total. The van der Waals surface area contributed by atoms with Crippen molar-refractivity contribution in [1.82, 2.24) is 9.38 Å². The molecule has 0 aliphatic heterocycles. The van der Waals surface area contributed by atoms with Gasteiger partial charge in [0, 0.05) is 29.4 Å². The molecule has 0 aliphatic carbocycles. The van der Waals surface area contributed by atoms with Crippen molar-refractivity contribution in [1.29, 1.82) is 0 Å². The molecule has 3 rings (SSSR count). The highest BCUT2D eigenvalue weighted by Gasteiger charge is 2.11. The number of nitrogens with two attached hydrogens (primary N) is 1. The van der Waals surface area contributed by atoms with E-state index in [1.54, 1.807) is 11.3 Å². The Hall–Kier alpha value is -1.65.